The molecule has 0 spiro atoms. The molecule has 2 aromatic rings. The van der Waals surface area contributed by atoms with Gasteiger partial charge in [0.05, 0.1) is 17.5 Å². The van der Waals surface area contributed by atoms with E-state index >= 15 is 0 Å². The minimum Gasteiger partial charge on any atom is -0.423 e. The largest absolute Gasteiger partial charge is 0.423 e. The zero-order chi connectivity index (χ0) is 13.4. The van der Waals surface area contributed by atoms with E-state index in [4.69, 9.17) is 4.42 Å². The number of rotatable bonds is 2. The van der Waals surface area contributed by atoms with E-state index in [9.17, 15) is 14.5 Å². The number of nitro groups is 1. The van der Waals surface area contributed by atoms with Gasteiger partial charge in [0.15, 0.2) is 5.58 Å². The van der Waals surface area contributed by atoms with Crippen LogP contribution in [0.3, 0.4) is 0 Å². The Kier molecular flexibility index (Phi) is 2.81. The van der Waals surface area contributed by atoms with Crippen LogP contribution in [0.2, 0.25) is 0 Å². The number of anilines is 1. The number of fused-ring (bicyclic) bond motifs is 1. The molecule has 1 unspecified atom stereocenters. The summed E-state index contributed by atoms with van der Waals surface area (Å²) in [5, 5.41) is 10.7. The fourth-order valence-electron chi connectivity index (χ4n) is 2.25. The zero-order valence-electron chi connectivity index (χ0n) is 10.1. The molecule has 19 heavy (non-hydrogen) atoms. The minimum absolute atomic E-state index is 0.0442. The van der Waals surface area contributed by atoms with E-state index in [-0.39, 0.29) is 12.2 Å². The maximum absolute atomic E-state index is 13.3. The van der Waals surface area contributed by atoms with Gasteiger partial charge >= 0.3 is 0 Å². The maximum Gasteiger partial charge on any atom is 0.298 e. The van der Waals surface area contributed by atoms with Gasteiger partial charge in [-0.05, 0) is 18.9 Å². The molecule has 0 saturated carbocycles. The van der Waals surface area contributed by atoms with Gasteiger partial charge in [-0.3, -0.25) is 10.1 Å². The van der Waals surface area contributed by atoms with Gasteiger partial charge in [-0.1, -0.05) is 0 Å². The Balaban J connectivity index is 1.94. The third-order valence-electron chi connectivity index (χ3n) is 3.21. The number of hydrogen-bond acceptors (Lipinski definition) is 5. The normalized spacial score (nSPS) is 19.8. The van der Waals surface area contributed by atoms with Crippen molar-refractivity contribution in [1.29, 1.82) is 0 Å². The van der Waals surface area contributed by atoms with Crippen LogP contribution in [0.25, 0.3) is 11.1 Å². The van der Waals surface area contributed by atoms with Crippen LogP contribution >= 0.6 is 0 Å². The van der Waals surface area contributed by atoms with E-state index < -0.39 is 11.1 Å². The highest BCUT2D eigenvalue weighted by Gasteiger charge is 2.23. The number of benzene rings is 1. The van der Waals surface area contributed by atoms with E-state index in [2.05, 4.69) is 4.98 Å². The van der Waals surface area contributed by atoms with Crippen molar-refractivity contribution in [2.24, 2.45) is 0 Å². The van der Waals surface area contributed by atoms with Crippen LogP contribution in [0, 0.1) is 10.1 Å². The summed E-state index contributed by atoms with van der Waals surface area (Å²) in [4.78, 5) is 16.2. The molecule has 2 heterocycles. The predicted molar refractivity (Wildman–Crippen MR) is 67.0 cm³/mol. The quantitative estimate of drug-likeness (QED) is 0.616. The number of nitrogens with zero attached hydrogens (tertiary/aromatic N) is 3. The second kappa shape index (κ2) is 4.49. The van der Waals surface area contributed by atoms with Crippen molar-refractivity contribution in [3.05, 3.63) is 28.3 Å². The van der Waals surface area contributed by atoms with Crippen LogP contribution in [0.5, 0.6) is 0 Å². The Morgan fingerprint density at radius 1 is 1.53 bits per heavy atom. The van der Waals surface area contributed by atoms with Gasteiger partial charge in [-0.15, -0.1) is 0 Å². The Labute approximate surface area is 108 Å². The Morgan fingerprint density at radius 3 is 3.11 bits per heavy atom. The standard InChI is InChI=1S/C12H12FN3O3/c13-8-2-1-5-15(7-8)12-14-10-4-3-9(16(17)18)6-11(10)19-12/h3-4,6,8H,1-2,5,7H2. The van der Waals surface area contributed by atoms with Crippen molar-refractivity contribution in [2.75, 3.05) is 18.0 Å². The number of hydrogen-bond donors (Lipinski definition) is 0. The van der Waals surface area contributed by atoms with Crippen LogP contribution < -0.4 is 4.90 Å². The van der Waals surface area contributed by atoms with Gasteiger partial charge in [0.1, 0.15) is 11.7 Å². The first-order chi connectivity index (χ1) is 9.13. The topological polar surface area (TPSA) is 72.4 Å². The lowest BCUT2D eigenvalue weighted by Gasteiger charge is -2.27. The monoisotopic (exact) mass is 265 g/mol. The number of nitro benzene ring substituents is 1. The first kappa shape index (κ1) is 11.9. The highest BCUT2D eigenvalue weighted by molar-refractivity contribution is 5.77. The minimum atomic E-state index is -0.877. The Hall–Kier alpha value is -2.18. The van der Waals surface area contributed by atoms with E-state index in [0.29, 0.717) is 30.1 Å². The molecule has 7 heteroatoms. The fourth-order valence-corrected chi connectivity index (χ4v) is 2.25. The molecule has 1 saturated heterocycles. The average Bonchev–Trinajstić information content (AvgIpc) is 2.81. The summed E-state index contributed by atoms with van der Waals surface area (Å²) in [5.41, 5.74) is 0.851. The molecule has 1 aromatic heterocycles. The molecule has 100 valence electrons. The van der Waals surface area contributed by atoms with Crippen molar-refractivity contribution < 1.29 is 13.7 Å². The summed E-state index contributed by atoms with van der Waals surface area (Å²) < 4.78 is 18.8. The fraction of sp³-hybridized carbons (Fsp3) is 0.417. The average molecular weight is 265 g/mol. The molecule has 0 amide bonds. The van der Waals surface area contributed by atoms with Crippen LogP contribution in [-0.2, 0) is 0 Å². The van der Waals surface area contributed by atoms with Crippen LogP contribution in [0.15, 0.2) is 22.6 Å². The van der Waals surface area contributed by atoms with E-state index in [0.717, 1.165) is 6.42 Å². The van der Waals surface area contributed by atoms with Crippen LogP contribution in [0.1, 0.15) is 12.8 Å². The van der Waals surface area contributed by atoms with Crippen molar-refractivity contribution in [3.8, 4) is 0 Å². The number of non-ortho nitro benzene ring substituents is 1. The molecule has 3 rings (SSSR count). The molecular weight excluding hydrogens is 253 g/mol. The number of oxazole rings is 1. The van der Waals surface area contributed by atoms with E-state index in [1.54, 1.807) is 4.90 Å². The van der Waals surface area contributed by atoms with Crippen molar-refractivity contribution in [1.82, 2.24) is 4.98 Å². The summed E-state index contributed by atoms with van der Waals surface area (Å²) in [6.45, 7) is 0.949. The molecule has 1 atom stereocenters. The molecule has 1 aromatic carbocycles. The first-order valence-electron chi connectivity index (χ1n) is 6.07. The predicted octanol–water partition coefficient (Wildman–Crippen LogP) is 2.67. The smallest absolute Gasteiger partial charge is 0.298 e. The molecule has 0 aliphatic carbocycles. The summed E-state index contributed by atoms with van der Waals surface area (Å²) >= 11 is 0. The Bertz CT molecular complexity index is 628. The molecule has 0 radical (unpaired) electrons. The van der Waals surface area contributed by atoms with E-state index in [1.165, 1.54) is 18.2 Å². The molecule has 1 aliphatic rings. The molecule has 6 nitrogen and oxygen atoms in total. The highest BCUT2D eigenvalue weighted by atomic mass is 19.1. The van der Waals surface area contributed by atoms with Crippen LogP contribution in [0.4, 0.5) is 16.1 Å². The second-order valence-electron chi connectivity index (χ2n) is 4.59. The Morgan fingerprint density at radius 2 is 2.37 bits per heavy atom. The summed E-state index contributed by atoms with van der Waals surface area (Å²) in [7, 11) is 0. The van der Waals surface area contributed by atoms with Gasteiger partial charge in [0, 0.05) is 12.6 Å². The third-order valence-corrected chi connectivity index (χ3v) is 3.21. The summed E-state index contributed by atoms with van der Waals surface area (Å²) in [6.07, 6.45) is 0.431. The van der Waals surface area contributed by atoms with Gasteiger partial charge in [0.25, 0.3) is 11.7 Å². The molecule has 0 bridgehead atoms. The molecule has 1 aliphatic heterocycles. The maximum atomic E-state index is 13.3. The van der Waals surface area contributed by atoms with Gasteiger partial charge in [0.2, 0.25) is 0 Å². The lowest BCUT2D eigenvalue weighted by molar-refractivity contribution is -0.384. The number of alkyl halides is 1. The number of halogens is 1. The van der Waals surface area contributed by atoms with E-state index in [1.807, 2.05) is 0 Å². The molecule has 0 N–H and O–H groups in total. The van der Waals surface area contributed by atoms with Gasteiger partial charge in [-0.2, -0.15) is 4.98 Å². The number of aromatic nitrogens is 1. The van der Waals surface area contributed by atoms with Crippen molar-refractivity contribution in [3.63, 3.8) is 0 Å². The summed E-state index contributed by atoms with van der Waals surface area (Å²) in [6, 6.07) is 4.58. The lowest BCUT2D eigenvalue weighted by atomic mass is 10.1. The van der Waals surface area contributed by atoms with Gasteiger partial charge < -0.3 is 9.32 Å². The second-order valence-corrected chi connectivity index (χ2v) is 4.59. The zero-order valence-corrected chi connectivity index (χ0v) is 10.1. The van der Waals surface area contributed by atoms with Gasteiger partial charge in [-0.25, -0.2) is 4.39 Å². The highest BCUT2D eigenvalue weighted by Crippen LogP contribution is 2.27. The SMILES string of the molecule is O=[N+]([O-])c1ccc2nc(N3CCCC(F)C3)oc2c1. The summed E-state index contributed by atoms with van der Waals surface area (Å²) in [5.74, 6) is 0. The number of piperidine rings is 1. The van der Waals surface area contributed by atoms with Crippen LogP contribution in [-0.4, -0.2) is 29.2 Å². The third kappa shape index (κ3) is 2.23. The molecular formula is C12H12FN3O3. The van der Waals surface area contributed by atoms with Crippen molar-refractivity contribution in [2.45, 2.75) is 19.0 Å². The lowest BCUT2D eigenvalue weighted by Crippen LogP contribution is -2.36. The molecule has 1 fully saturated rings. The van der Waals surface area contributed by atoms with Crippen molar-refractivity contribution >= 4 is 22.8 Å². The first-order valence-corrected chi connectivity index (χ1v) is 6.07.